The van der Waals surface area contributed by atoms with Gasteiger partial charge in [0.1, 0.15) is 6.61 Å². The summed E-state index contributed by atoms with van der Waals surface area (Å²) in [5.74, 6) is 0.896. The lowest BCUT2D eigenvalue weighted by molar-refractivity contribution is 0.284. The van der Waals surface area contributed by atoms with Gasteiger partial charge in [0.25, 0.3) is 21.5 Å². The van der Waals surface area contributed by atoms with Crippen molar-refractivity contribution < 1.29 is 12.5 Å². The Morgan fingerprint density at radius 1 is 1.26 bits per heavy atom. The van der Waals surface area contributed by atoms with Crippen molar-refractivity contribution in [2.24, 2.45) is 0 Å². The van der Waals surface area contributed by atoms with Gasteiger partial charge < -0.3 is 18.0 Å². The second-order valence-electron chi connectivity index (χ2n) is 4.43. The smallest absolute Gasteiger partial charge is 0.261 e. The summed E-state index contributed by atoms with van der Waals surface area (Å²) >= 11 is 4.56. The van der Waals surface area contributed by atoms with E-state index in [-0.39, 0.29) is 0 Å². The summed E-state index contributed by atoms with van der Waals surface area (Å²) < 4.78 is 22.0. The molecule has 122 valence electrons. The van der Waals surface area contributed by atoms with Crippen molar-refractivity contribution in [1.82, 2.24) is 3.28 Å². The number of ether oxygens (including phenoxy) is 2. The number of hydrogen-bond acceptors (Lipinski definition) is 4. The molecule has 0 atom stereocenters. The standard InChI is InChI=1S/C16H14ClINO4/c1-22-14-8-7-13(9-10-19(21)18-20)15(17)16(14)23-11-12-5-3-2-4-6-12/h2-10H,11H2,1H3/q-1/b10-9+. The molecule has 7 heteroatoms. The van der Waals surface area contributed by atoms with E-state index in [0.29, 0.717) is 32.0 Å². The number of hydrogen-bond donors (Lipinski definition) is 0. The van der Waals surface area contributed by atoms with Crippen LogP contribution in [0.4, 0.5) is 0 Å². The molecule has 5 nitrogen and oxygen atoms in total. The van der Waals surface area contributed by atoms with Crippen molar-refractivity contribution in [2.75, 3.05) is 7.11 Å². The second kappa shape index (κ2) is 8.85. The number of methoxy groups -OCH3 is 1. The fraction of sp³-hybridized carbons (Fsp3) is 0.125. The lowest BCUT2D eigenvalue weighted by Gasteiger charge is -2.16. The van der Waals surface area contributed by atoms with Crippen LogP contribution in [-0.2, 0) is 9.68 Å². The number of halogens is 2. The van der Waals surface area contributed by atoms with Crippen LogP contribution in [0.15, 0.2) is 48.7 Å². The molecule has 0 aliphatic carbocycles. The monoisotopic (exact) mass is 446 g/mol. The maximum Gasteiger partial charge on any atom is 0.261 e. The van der Waals surface area contributed by atoms with Crippen LogP contribution in [0.2, 0.25) is 5.02 Å². The molecule has 0 bridgehead atoms. The van der Waals surface area contributed by atoms with E-state index in [9.17, 15) is 8.28 Å². The Kier molecular flexibility index (Phi) is 6.82. The fourth-order valence-electron chi connectivity index (χ4n) is 1.87. The Morgan fingerprint density at radius 3 is 2.65 bits per heavy atom. The molecular formula is C16H14ClINO4-. The average molecular weight is 447 g/mol. The summed E-state index contributed by atoms with van der Waals surface area (Å²) in [6.45, 7) is 0.337. The molecule has 0 amide bonds. The van der Waals surface area contributed by atoms with Gasteiger partial charge in [-0.15, -0.1) is 0 Å². The van der Waals surface area contributed by atoms with Crippen LogP contribution in [0.1, 0.15) is 11.1 Å². The molecule has 0 aliphatic heterocycles. The van der Waals surface area contributed by atoms with Crippen molar-refractivity contribution in [3.8, 4) is 11.5 Å². The molecule has 0 fully saturated rings. The summed E-state index contributed by atoms with van der Waals surface area (Å²) in [6, 6.07) is 13.1. The lowest BCUT2D eigenvalue weighted by Crippen LogP contribution is -1.99. The molecule has 0 unspecified atom stereocenters. The highest BCUT2D eigenvalue weighted by molar-refractivity contribution is 14.1. The summed E-state index contributed by atoms with van der Waals surface area (Å²) in [6.07, 6.45) is 2.66. The van der Waals surface area contributed by atoms with Crippen molar-refractivity contribution in [3.05, 3.63) is 70.0 Å². The molecule has 0 heterocycles. The summed E-state index contributed by atoms with van der Waals surface area (Å²) in [7, 11) is 1.53. The zero-order valence-electron chi connectivity index (χ0n) is 12.2. The molecular weight excluding hydrogens is 433 g/mol. The molecule has 2 aromatic rings. The van der Waals surface area contributed by atoms with Gasteiger partial charge in [-0.05, 0) is 35.5 Å². The van der Waals surface area contributed by atoms with Gasteiger partial charge in [-0.25, -0.2) is 3.07 Å². The third kappa shape index (κ3) is 4.92. The highest BCUT2D eigenvalue weighted by Gasteiger charge is 2.13. The molecule has 0 spiro atoms. The predicted octanol–water partition coefficient (Wildman–Crippen LogP) is 4.93. The number of nitrogens with zero attached hydrogens (tertiary/aromatic N) is 1. The first-order valence-corrected chi connectivity index (χ1v) is 8.83. The third-order valence-corrected chi connectivity index (χ3v) is 4.08. The maximum atomic E-state index is 11.1. The number of rotatable bonds is 7. The van der Waals surface area contributed by atoms with Gasteiger partial charge in [0.05, 0.1) is 12.1 Å². The highest BCUT2D eigenvalue weighted by atomic mass is 127. The van der Waals surface area contributed by atoms with Gasteiger partial charge >= 0.3 is 0 Å². The van der Waals surface area contributed by atoms with E-state index in [1.807, 2.05) is 30.3 Å². The van der Waals surface area contributed by atoms with Gasteiger partial charge in [0, 0.05) is 0 Å². The molecule has 2 rings (SSSR count). The molecule has 0 saturated carbocycles. The molecule has 23 heavy (non-hydrogen) atoms. The highest BCUT2D eigenvalue weighted by Crippen LogP contribution is 2.38. The summed E-state index contributed by atoms with van der Waals surface area (Å²) in [5, 5.41) is 11.4. The molecule has 0 saturated heterocycles. The fourth-order valence-corrected chi connectivity index (χ4v) is 2.43. The number of benzene rings is 2. The Morgan fingerprint density at radius 2 is 2.00 bits per heavy atom. The van der Waals surface area contributed by atoms with E-state index in [1.54, 1.807) is 12.1 Å². The normalized spacial score (nSPS) is 10.7. The first-order chi connectivity index (χ1) is 11.2. The van der Waals surface area contributed by atoms with Gasteiger partial charge in [0.2, 0.25) is 0 Å². The van der Waals surface area contributed by atoms with E-state index in [1.165, 1.54) is 19.4 Å². The molecule has 0 aliphatic rings. The third-order valence-electron chi connectivity index (χ3n) is 2.98. The van der Waals surface area contributed by atoms with Crippen molar-refractivity contribution in [1.29, 1.82) is 0 Å². The van der Waals surface area contributed by atoms with E-state index in [4.69, 9.17) is 21.1 Å². The predicted molar refractivity (Wildman–Crippen MR) is 97.7 cm³/mol. The molecule has 0 aromatic heterocycles. The van der Waals surface area contributed by atoms with Crippen molar-refractivity contribution >= 4 is 39.1 Å². The van der Waals surface area contributed by atoms with Crippen LogP contribution >= 0.6 is 33.1 Å². The van der Waals surface area contributed by atoms with Crippen LogP contribution in [0.5, 0.6) is 11.5 Å². The zero-order valence-corrected chi connectivity index (χ0v) is 15.2. The molecule has 0 radical (unpaired) electrons. The van der Waals surface area contributed by atoms with Crippen LogP contribution in [0, 0.1) is 5.21 Å². The minimum absolute atomic E-state index is 0.328. The van der Waals surface area contributed by atoms with Crippen molar-refractivity contribution in [2.45, 2.75) is 6.61 Å². The minimum Gasteiger partial charge on any atom is -0.748 e. The van der Waals surface area contributed by atoms with E-state index < -0.39 is 21.5 Å². The first-order valence-electron chi connectivity index (χ1n) is 6.61. The first kappa shape index (κ1) is 17.7. The molecule has 2 aromatic carbocycles. The second-order valence-corrected chi connectivity index (χ2v) is 6.15. The zero-order chi connectivity index (χ0) is 16.7. The van der Waals surface area contributed by atoms with Crippen LogP contribution < -0.4 is 9.47 Å². The Bertz CT molecular complexity index is 694. The van der Waals surface area contributed by atoms with Gasteiger partial charge in [-0.2, -0.15) is 0 Å². The number of hydroxylamine groups is 1. The SMILES string of the molecule is COc1ccc(/C=C/N([O-])I=O)c(Cl)c1OCc1ccccc1. The summed E-state index contributed by atoms with van der Waals surface area (Å²) in [4.78, 5) is 0. The Labute approximate surface area is 150 Å². The van der Waals surface area contributed by atoms with E-state index >= 15 is 0 Å². The van der Waals surface area contributed by atoms with Gasteiger partial charge in [-0.3, -0.25) is 0 Å². The topological polar surface area (TPSA) is 61.8 Å². The quantitative estimate of drug-likeness (QED) is 0.343. The van der Waals surface area contributed by atoms with Gasteiger partial charge in [-0.1, -0.05) is 41.9 Å². The largest absolute Gasteiger partial charge is 0.748 e. The Hall–Kier alpha value is -1.64. The van der Waals surface area contributed by atoms with Crippen molar-refractivity contribution in [3.63, 3.8) is 0 Å². The van der Waals surface area contributed by atoms with Crippen LogP contribution in [-0.4, -0.2) is 10.4 Å². The lowest BCUT2D eigenvalue weighted by atomic mass is 10.2. The van der Waals surface area contributed by atoms with Crippen LogP contribution in [0.3, 0.4) is 0 Å². The molecule has 0 N–H and O–H groups in total. The van der Waals surface area contributed by atoms with E-state index in [2.05, 4.69) is 0 Å². The Balaban J connectivity index is 2.25. The maximum absolute atomic E-state index is 11.1. The van der Waals surface area contributed by atoms with Crippen LogP contribution in [0.25, 0.3) is 6.08 Å². The summed E-state index contributed by atoms with van der Waals surface area (Å²) in [5.41, 5.74) is 1.57. The average Bonchev–Trinajstić information content (AvgIpc) is 2.60. The van der Waals surface area contributed by atoms with E-state index in [0.717, 1.165) is 5.56 Å². The minimum atomic E-state index is -1.78. The van der Waals surface area contributed by atoms with Gasteiger partial charge in [0.15, 0.2) is 11.5 Å².